The summed E-state index contributed by atoms with van der Waals surface area (Å²) in [5.74, 6) is -0.151. The molecule has 0 bridgehead atoms. The van der Waals surface area contributed by atoms with Crippen LogP contribution in [0.4, 0.5) is 0 Å². The Bertz CT molecular complexity index is 229. The van der Waals surface area contributed by atoms with Gasteiger partial charge in [-0.25, -0.2) is 0 Å². The van der Waals surface area contributed by atoms with Gasteiger partial charge in [0.25, 0.3) is 0 Å². The molecule has 3 heteroatoms. The van der Waals surface area contributed by atoms with Crippen LogP contribution in [0, 0.1) is 0 Å². The topological polar surface area (TPSA) is 55.1 Å². The van der Waals surface area contributed by atoms with Gasteiger partial charge in [0.15, 0.2) is 0 Å². The lowest BCUT2D eigenvalue weighted by Crippen LogP contribution is -2.55. The van der Waals surface area contributed by atoms with E-state index in [1.165, 1.54) is 44.9 Å². The van der Waals surface area contributed by atoms with E-state index in [9.17, 15) is 4.79 Å². The van der Waals surface area contributed by atoms with Crippen LogP contribution in [0.2, 0.25) is 0 Å². The van der Waals surface area contributed by atoms with E-state index in [-0.39, 0.29) is 5.91 Å². The minimum Gasteiger partial charge on any atom is -0.368 e. The Morgan fingerprint density at radius 1 is 0.944 bits per heavy atom. The Balaban J connectivity index is 2.60. The van der Waals surface area contributed by atoms with Crippen LogP contribution in [0.25, 0.3) is 0 Å². The van der Waals surface area contributed by atoms with Crippen molar-refractivity contribution in [2.45, 2.75) is 83.1 Å². The number of primary amides is 1. The summed E-state index contributed by atoms with van der Waals surface area (Å²) in [5.41, 5.74) is 5.23. The molecular formula is C15H30N2O. The highest BCUT2D eigenvalue weighted by molar-refractivity contribution is 5.84. The highest BCUT2D eigenvalue weighted by Crippen LogP contribution is 2.24. The molecule has 1 amide bonds. The Hall–Kier alpha value is -0.570. The Kier molecular flexibility index (Phi) is 7.33. The van der Waals surface area contributed by atoms with Gasteiger partial charge in [0.2, 0.25) is 5.91 Å². The fraction of sp³-hybridized carbons (Fsp3) is 0.933. The molecule has 0 aromatic heterocycles. The molecule has 0 radical (unpaired) electrons. The minimum atomic E-state index is -0.437. The van der Waals surface area contributed by atoms with Crippen LogP contribution in [0.15, 0.2) is 0 Å². The largest absolute Gasteiger partial charge is 0.368 e. The third-order valence-corrected chi connectivity index (χ3v) is 4.19. The van der Waals surface area contributed by atoms with Crippen molar-refractivity contribution < 1.29 is 4.79 Å². The Labute approximate surface area is 112 Å². The van der Waals surface area contributed by atoms with Gasteiger partial charge in [-0.3, -0.25) is 4.79 Å². The monoisotopic (exact) mass is 254 g/mol. The predicted molar refractivity (Wildman–Crippen MR) is 76.4 cm³/mol. The van der Waals surface area contributed by atoms with Gasteiger partial charge in [0, 0.05) is 0 Å². The summed E-state index contributed by atoms with van der Waals surface area (Å²) in [6.07, 6.45) is 13.2. The second-order valence-electron chi connectivity index (χ2n) is 5.66. The van der Waals surface area contributed by atoms with E-state index in [4.69, 9.17) is 5.73 Å². The first-order valence-corrected chi connectivity index (χ1v) is 7.76. The lowest BCUT2D eigenvalue weighted by Gasteiger charge is -2.32. The van der Waals surface area contributed by atoms with Gasteiger partial charge in [-0.2, -0.15) is 0 Å². The maximum atomic E-state index is 11.8. The molecule has 106 valence electrons. The van der Waals surface area contributed by atoms with Crippen molar-refractivity contribution in [1.82, 2.24) is 5.32 Å². The molecule has 1 fully saturated rings. The first kappa shape index (κ1) is 15.5. The van der Waals surface area contributed by atoms with E-state index >= 15 is 0 Å². The molecule has 3 N–H and O–H groups in total. The number of hydrogen-bond acceptors (Lipinski definition) is 2. The van der Waals surface area contributed by atoms with Crippen molar-refractivity contribution in [2.75, 3.05) is 6.54 Å². The average Bonchev–Trinajstić information content (AvgIpc) is 2.32. The molecule has 0 unspecified atom stereocenters. The van der Waals surface area contributed by atoms with Crippen LogP contribution in [0.3, 0.4) is 0 Å². The fourth-order valence-electron chi connectivity index (χ4n) is 3.06. The van der Waals surface area contributed by atoms with Crippen LogP contribution in [0.5, 0.6) is 0 Å². The zero-order valence-electron chi connectivity index (χ0n) is 12.0. The summed E-state index contributed by atoms with van der Waals surface area (Å²) in [4.78, 5) is 11.8. The smallest absolute Gasteiger partial charge is 0.237 e. The summed E-state index contributed by atoms with van der Waals surface area (Å²) in [6.45, 7) is 2.88. The van der Waals surface area contributed by atoms with Crippen molar-refractivity contribution >= 4 is 5.91 Å². The van der Waals surface area contributed by atoms with Crippen LogP contribution < -0.4 is 11.1 Å². The van der Waals surface area contributed by atoms with Crippen molar-refractivity contribution in [3.63, 3.8) is 0 Å². The van der Waals surface area contributed by atoms with E-state index < -0.39 is 5.54 Å². The number of nitrogens with one attached hydrogen (secondary N) is 1. The Morgan fingerprint density at radius 3 is 1.67 bits per heavy atom. The predicted octanol–water partition coefficient (Wildman–Crippen LogP) is 3.12. The number of likely N-dealkylation sites (N-methyl/N-ethyl adjacent to an activating group) is 1. The zero-order valence-corrected chi connectivity index (χ0v) is 12.0. The molecule has 18 heavy (non-hydrogen) atoms. The molecule has 0 spiro atoms. The Morgan fingerprint density at radius 2 is 1.33 bits per heavy atom. The number of hydrogen-bond donors (Lipinski definition) is 2. The molecule has 0 aliphatic heterocycles. The molecular weight excluding hydrogens is 224 g/mol. The van der Waals surface area contributed by atoms with E-state index in [2.05, 4.69) is 12.2 Å². The highest BCUT2D eigenvalue weighted by Gasteiger charge is 2.34. The summed E-state index contributed by atoms with van der Waals surface area (Å²) in [5, 5.41) is 3.37. The number of amides is 1. The maximum absolute atomic E-state index is 11.8. The van der Waals surface area contributed by atoms with Crippen molar-refractivity contribution in [2.24, 2.45) is 5.73 Å². The van der Waals surface area contributed by atoms with Crippen molar-refractivity contribution in [3.05, 3.63) is 0 Å². The maximum Gasteiger partial charge on any atom is 0.237 e. The second-order valence-corrected chi connectivity index (χ2v) is 5.66. The normalized spacial score (nSPS) is 22.7. The summed E-state index contributed by atoms with van der Waals surface area (Å²) in [7, 11) is 0. The number of nitrogens with two attached hydrogens (primary N) is 1. The van der Waals surface area contributed by atoms with Crippen LogP contribution in [0.1, 0.15) is 77.6 Å². The molecule has 1 aliphatic rings. The fourth-order valence-corrected chi connectivity index (χ4v) is 3.06. The first-order chi connectivity index (χ1) is 8.71. The summed E-state index contributed by atoms with van der Waals surface area (Å²) < 4.78 is 0. The average molecular weight is 254 g/mol. The van der Waals surface area contributed by atoms with Crippen molar-refractivity contribution in [1.29, 1.82) is 0 Å². The van der Waals surface area contributed by atoms with E-state index in [0.29, 0.717) is 0 Å². The molecule has 0 saturated heterocycles. The van der Waals surface area contributed by atoms with Crippen LogP contribution in [-0.4, -0.2) is 18.0 Å². The SMILES string of the molecule is CCNC1(C(N)=O)CCCCCCCCCCC1. The number of carbonyl (C=O) groups is 1. The molecule has 1 aliphatic carbocycles. The minimum absolute atomic E-state index is 0.151. The lowest BCUT2D eigenvalue weighted by atomic mass is 9.85. The number of carbonyl (C=O) groups excluding carboxylic acids is 1. The first-order valence-electron chi connectivity index (χ1n) is 7.76. The standard InChI is InChI=1S/C15H30N2O/c1-2-17-15(14(16)18)12-10-8-6-4-3-5-7-9-11-13-15/h17H,2-13H2,1H3,(H2,16,18). The second kappa shape index (κ2) is 8.52. The van der Waals surface area contributed by atoms with Gasteiger partial charge in [0.1, 0.15) is 0 Å². The van der Waals surface area contributed by atoms with E-state index in [1.807, 2.05) is 0 Å². The van der Waals surface area contributed by atoms with Gasteiger partial charge in [0.05, 0.1) is 5.54 Å². The van der Waals surface area contributed by atoms with Crippen LogP contribution in [-0.2, 0) is 4.79 Å². The summed E-state index contributed by atoms with van der Waals surface area (Å²) >= 11 is 0. The molecule has 1 saturated carbocycles. The molecule has 1 rings (SSSR count). The van der Waals surface area contributed by atoms with E-state index in [0.717, 1.165) is 32.2 Å². The zero-order chi connectivity index (χ0) is 13.3. The molecule has 3 nitrogen and oxygen atoms in total. The quantitative estimate of drug-likeness (QED) is 0.813. The van der Waals surface area contributed by atoms with Crippen LogP contribution >= 0.6 is 0 Å². The van der Waals surface area contributed by atoms with Crippen molar-refractivity contribution in [3.8, 4) is 0 Å². The third-order valence-electron chi connectivity index (χ3n) is 4.19. The molecule has 0 aromatic carbocycles. The van der Waals surface area contributed by atoms with Gasteiger partial charge in [-0.15, -0.1) is 0 Å². The number of rotatable bonds is 3. The molecule has 0 heterocycles. The van der Waals surface area contributed by atoms with E-state index in [1.54, 1.807) is 0 Å². The third kappa shape index (κ3) is 4.97. The van der Waals surface area contributed by atoms with Gasteiger partial charge in [-0.05, 0) is 19.4 Å². The van der Waals surface area contributed by atoms with Gasteiger partial charge in [-0.1, -0.05) is 64.7 Å². The lowest BCUT2D eigenvalue weighted by molar-refractivity contribution is -0.125. The highest BCUT2D eigenvalue weighted by atomic mass is 16.1. The molecule has 0 atom stereocenters. The summed E-state index contributed by atoms with van der Waals surface area (Å²) in [6, 6.07) is 0. The molecule has 0 aromatic rings. The van der Waals surface area contributed by atoms with Gasteiger partial charge < -0.3 is 11.1 Å². The van der Waals surface area contributed by atoms with Gasteiger partial charge >= 0.3 is 0 Å².